The number of aromatic hydroxyl groups is 1. The van der Waals surface area contributed by atoms with Crippen molar-refractivity contribution in [1.29, 1.82) is 0 Å². The Morgan fingerprint density at radius 3 is 2.50 bits per heavy atom. The van der Waals surface area contributed by atoms with E-state index in [1.54, 1.807) is 19.2 Å². The number of phenols is 1. The zero-order valence-corrected chi connectivity index (χ0v) is 7.08. The molecule has 1 aromatic carbocycles. The van der Waals surface area contributed by atoms with E-state index < -0.39 is 0 Å². The Morgan fingerprint density at radius 1 is 1.42 bits per heavy atom. The van der Waals surface area contributed by atoms with Crippen LogP contribution in [0.1, 0.15) is 5.56 Å². The Bertz CT molecular complexity index is 262. The van der Waals surface area contributed by atoms with Gasteiger partial charge in [0.05, 0.1) is 12.9 Å². The van der Waals surface area contributed by atoms with E-state index in [1.165, 1.54) is 0 Å². The molecular weight excluding hydrogens is 152 g/mol. The molecule has 0 atom stereocenters. The van der Waals surface area contributed by atoms with Crippen LogP contribution in [0.4, 0.5) is 0 Å². The van der Waals surface area contributed by atoms with Crippen LogP contribution in [0.5, 0.6) is 5.75 Å². The van der Waals surface area contributed by atoms with Gasteiger partial charge in [-0.05, 0) is 17.7 Å². The van der Waals surface area contributed by atoms with Crippen molar-refractivity contribution in [3.8, 4) is 5.75 Å². The molecule has 64 valence electrons. The van der Waals surface area contributed by atoms with Crippen LogP contribution in [-0.2, 0) is 11.2 Å². The molecule has 1 aromatic rings. The van der Waals surface area contributed by atoms with Gasteiger partial charge in [-0.1, -0.05) is 18.7 Å². The summed E-state index contributed by atoms with van der Waals surface area (Å²) in [4.78, 5) is 0. The molecule has 2 heteroatoms. The summed E-state index contributed by atoms with van der Waals surface area (Å²) in [5.41, 5.74) is 1.08. The van der Waals surface area contributed by atoms with Crippen molar-refractivity contribution >= 4 is 0 Å². The summed E-state index contributed by atoms with van der Waals surface area (Å²) in [7, 11) is 1.60. The Morgan fingerprint density at radius 2 is 2.00 bits per heavy atom. The lowest BCUT2D eigenvalue weighted by molar-refractivity contribution is 0.285. The summed E-state index contributed by atoms with van der Waals surface area (Å²) >= 11 is 0. The van der Waals surface area contributed by atoms with Crippen molar-refractivity contribution in [3.05, 3.63) is 42.2 Å². The van der Waals surface area contributed by atoms with Crippen LogP contribution < -0.4 is 0 Å². The predicted molar refractivity (Wildman–Crippen MR) is 48.0 cm³/mol. The van der Waals surface area contributed by atoms with E-state index in [4.69, 9.17) is 9.84 Å². The molecule has 0 bridgehead atoms. The third kappa shape index (κ3) is 2.31. The highest BCUT2D eigenvalue weighted by molar-refractivity contribution is 5.27. The summed E-state index contributed by atoms with van der Waals surface area (Å²) in [6, 6.07) is 7.00. The molecule has 0 aliphatic carbocycles. The SMILES string of the molecule is C=C(Cc1ccc(O)cc1)OC. The van der Waals surface area contributed by atoms with Crippen molar-refractivity contribution in [2.45, 2.75) is 6.42 Å². The highest BCUT2D eigenvalue weighted by Gasteiger charge is 1.95. The highest BCUT2D eigenvalue weighted by Crippen LogP contribution is 2.12. The smallest absolute Gasteiger partial charge is 0.115 e. The van der Waals surface area contributed by atoms with Gasteiger partial charge < -0.3 is 9.84 Å². The van der Waals surface area contributed by atoms with E-state index >= 15 is 0 Å². The summed E-state index contributed by atoms with van der Waals surface area (Å²) < 4.78 is 4.93. The van der Waals surface area contributed by atoms with E-state index in [1.807, 2.05) is 12.1 Å². The summed E-state index contributed by atoms with van der Waals surface area (Å²) in [6.07, 6.45) is 0.691. The average molecular weight is 164 g/mol. The summed E-state index contributed by atoms with van der Waals surface area (Å²) in [5, 5.41) is 8.99. The Hall–Kier alpha value is -1.44. The van der Waals surface area contributed by atoms with Crippen LogP contribution in [0.3, 0.4) is 0 Å². The number of allylic oxidation sites excluding steroid dienone is 1. The van der Waals surface area contributed by atoms with Crippen LogP contribution >= 0.6 is 0 Å². The second-order valence-electron chi connectivity index (χ2n) is 2.59. The maximum Gasteiger partial charge on any atom is 0.115 e. The van der Waals surface area contributed by atoms with Crippen molar-refractivity contribution in [2.24, 2.45) is 0 Å². The Labute approximate surface area is 72.1 Å². The van der Waals surface area contributed by atoms with E-state index in [2.05, 4.69) is 6.58 Å². The number of rotatable bonds is 3. The standard InChI is InChI=1S/C10H12O2/c1-8(12-2)7-9-3-5-10(11)6-4-9/h3-6,11H,1,7H2,2H3. The molecule has 0 heterocycles. The van der Waals surface area contributed by atoms with Crippen LogP contribution in [-0.4, -0.2) is 12.2 Å². The summed E-state index contributed by atoms with van der Waals surface area (Å²) in [6.45, 7) is 3.71. The molecule has 0 fully saturated rings. The number of benzene rings is 1. The Kier molecular flexibility index (Phi) is 2.75. The fourth-order valence-electron chi connectivity index (χ4n) is 0.914. The largest absolute Gasteiger partial charge is 0.508 e. The van der Waals surface area contributed by atoms with Gasteiger partial charge in [-0.15, -0.1) is 0 Å². The number of methoxy groups -OCH3 is 1. The first-order chi connectivity index (χ1) is 5.72. The average Bonchev–Trinajstić information content (AvgIpc) is 2.09. The first kappa shape index (κ1) is 8.65. The predicted octanol–water partition coefficient (Wildman–Crippen LogP) is 2.09. The zero-order valence-electron chi connectivity index (χ0n) is 7.08. The van der Waals surface area contributed by atoms with Crippen LogP contribution in [0, 0.1) is 0 Å². The molecule has 0 aromatic heterocycles. The minimum Gasteiger partial charge on any atom is -0.508 e. The minimum absolute atomic E-state index is 0.279. The fraction of sp³-hybridized carbons (Fsp3) is 0.200. The minimum atomic E-state index is 0.279. The van der Waals surface area contributed by atoms with E-state index in [0.717, 1.165) is 11.3 Å². The number of ether oxygens (including phenoxy) is 1. The third-order valence-electron chi connectivity index (χ3n) is 1.63. The molecule has 0 saturated carbocycles. The highest BCUT2D eigenvalue weighted by atomic mass is 16.5. The molecular formula is C10H12O2. The number of hydrogen-bond donors (Lipinski definition) is 1. The molecule has 0 spiro atoms. The van der Waals surface area contributed by atoms with Gasteiger partial charge >= 0.3 is 0 Å². The van der Waals surface area contributed by atoms with Gasteiger partial charge in [0, 0.05) is 6.42 Å². The second kappa shape index (κ2) is 3.81. The third-order valence-corrected chi connectivity index (χ3v) is 1.63. The van der Waals surface area contributed by atoms with Gasteiger partial charge in [-0.3, -0.25) is 0 Å². The van der Waals surface area contributed by atoms with Crippen molar-refractivity contribution in [2.75, 3.05) is 7.11 Å². The number of phenolic OH excluding ortho intramolecular Hbond substituents is 1. The van der Waals surface area contributed by atoms with Crippen molar-refractivity contribution in [3.63, 3.8) is 0 Å². The Balaban J connectivity index is 2.64. The van der Waals surface area contributed by atoms with E-state index in [9.17, 15) is 0 Å². The maximum atomic E-state index is 8.99. The quantitative estimate of drug-likeness (QED) is 0.693. The lowest BCUT2D eigenvalue weighted by atomic mass is 10.1. The number of hydrogen-bond acceptors (Lipinski definition) is 2. The molecule has 0 aliphatic rings. The van der Waals surface area contributed by atoms with Gasteiger partial charge in [0.1, 0.15) is 5.75 Å². The van der Waals surface area contributed by atoms with Gasteiger partial charge in [0.2, 0.25) is 0 Å². The molecule has 1 rings (SSSR count). The first-order valence-electron chi connectivity index (χ1n) is 3.72. The zero-order chi connectivity index (χ0) is 8.97. The fourth-order valence-corrected chi connectivity index (χ4v) is 0.914. The lowest BCUT2D eigenvalue weighted by Crippen LogP contribution is -1.90. The van der Waals surface area contributed by atoms with Gasteiger partial charge in [-0.2, -0.15) is 0 Å². The van der Waals surface area contributed by atoms with Gasteiger partial charge in [0.15, 0.2) is 0 Å². The molecule has 0 amide bonds. The van der Waals surface area contributed by atoms with Crippen molar-refractivity contribution in [1.82, 2.24) is 0 Å². The van der Waals surface area contributed by atoms with E-state index in [0.29, 0.717) is 6.42 Å². The summed E-state index contributed by atoms with van der Waals surface area (Å²) in [5.74, 6) is 1.00. The molecule has 0 radical (unpaired) electrons. The van der Waals surface area contributed by atoms with Crippen molar-refractivity contribution < 1.29 is 9.84 Å². The molecule has 0 unspecified atom stereocenters. The lowest BCUT2D eigenvalue weighted by Gasteiger charge is -2.03. The molecule has 2 nitrogen and oxygen atoms in total. The maximum absolute atomic E-state index is 8.99. The van der Waals surface area contributed by atoms with Gasteiger partial charge in [0.25, 0.3) is 0 Å². The second-order valence-corrected chi connectivity index (χ2v) is 2.59. The molecule has 12 heavy (non-hydrogen) atoms. The monoisotopic (exact) mass is 164 g/mol. The van der Waals surface area contributed by atoms with E-state index in [-0.39, 0.29) is 5.75 Å². The molecule has 1 N–H and O–H groups in total. The normalized spacial score (nSPS) is 9.42. The first-order valence-corrected chi connectivity index (χ1v) is 3.72. The van der Waals surface area contributed by atoms with Crippen LogP contribution in [0.15, 0.2) is 36.6 Å². The molecule has 0 saturated heterocycles. The van der Waals surface area contributed by atoms with Gasteiger partial charge in [-0.25, -0.2) is 0 Å². The topological polar surface area (TPSA) is 29.5 Å². The molecule has 0 aliphatic heterocycles. The van der Waals surface area contributed by atoms with Crippen LogP contribution in [0.25, 0.3) is 0 Å². The van der Waals surface area contributed by atoms with Crippen LogP contribution in [0.2, 0.25) is 0 Å².